The molecule has 0 saturated carbocycles. The second-order valence-corrected chi connectivity index (χ2v) is 9.21. The van der Waals surface area contributed by atoms with Crippen LogP contribution < -0.4 is 10.4 Å². The van der Waals surface area contributed by atoms with Crippen LogP contribution >= 0.6 is 0 Å². The molecule has 1 amide bonds. The number of nitrogens with zero attached hydrogens (tertiary/aromatic N) is 4. The Morgan fingerprint density at radius 1 is 1.03 bits per heavy atom. The van der Waals surface area contributed by atoms with Gasteiger partial charge in [0.15, 0.2) is 0 Å². The maximum atomic E-state index is 13.2. The molecule has 0 bridgehead atoms. The summed E-state index contributed by atoms with van der Waals surface area (Å²) >= 11 is 0. The van der Waals surface area contributed by atoms with Crippen LogP contribution in [0.1, 0.15) is 24.6 Å². The van der Waals surface area contributed by atoms with E-state index in [0.717, 1.165) is 52.2 Å². The van der Waals surface area contributed by atoms with Crippen molar-refractivity contribution in [1.29, 1.82) is 0 Å². The Morgan fingerprint density at radius 3 is 2.57 bits per heavy atom. The summed E-state index contributed by atoms with van der Waals surface area (Å²) in [6.45, 7) is 1.19. The van der Waals surface area contributed by atoms with Gasteiger partial charge in [0.05, 0.1) is 29.5 Å². The van der Waals surface area contributed by atoms with Gasteiger partial charge in [0.25, 0.3) is 0 Å². The summed E-state index contributed by atoms with van der Waals surface area (Å²) < 4.78 is 9.11. The fourth-order valence-electron chi connectivity index (χ4n) is 5.17. The largest absolute Gasteiger partial charge is 0.497 e. The van der Waals surface area contributed by atoms with Gasteiger partial charge in [-0.3, -0.25) is 13.8 Å². The van der Waals surface area contributed by atoms with Crippen molar-refractivity contribution < 1.29 is 9.53 Å². The predicted octanol–water partition coefficient (Wildman–Crippen LogP) is 4.53. The van der Waals surface area contributed by atoms with Crippen molar-refractivity contribution in [2.24, 2.45) is 0 Å². The van der Waals surface area contributed by atoms with Gasteiger partial charge in [-0.15, -0.1) is 0 Å². The van der Waals surface area contributed by atoms with E-state index in [1.165, 1.54) is 0 Å². The summed E-state index contributed by atoms with van der Waals surface area (Å²) in [7, 11) is 1.64. The van der Waals surface area contributed by atoms with Crippen molar-refractivity contribution in [2.45, 2.75) is 18.9 Å². The predicted molar refractivity (Wildman–Crippen MR) is 144 cm³/mol. The molecule has 5 aromatic rings. The van der Waals surface area contributed by atoms with Crippen molar-refractivity contribution >= 4 is 28.7 Å². The van der Waals surface area contributed by atoms with Gasteiger partial charge in [0.2, 0.25) is 5.91 Å². The van der Waals surface area contributed by atoms with E-state index in [1.807, 2.05) is 92.9 Å². The minimum absolute atomic E-state index is 0.0451. The molecule has 0 spiro atoms. The summed E-state index contributed by atoms with van der Waals surface area (Å²) in [5.41, 5.74) is 5.06. The van der Waals surface area contributed by atoms with E-state index < -0.39 is 0 Å². The molecular formula is C29H27N5O3. The normalized spacial score (nSPS) is 14.7. The van der Waals surface area contributed by atoms with Crippen molar-refractivity contribution in [1.82, 2.24) is 23.8 Å². The second kappa shape index (κ2) is 9.46. The number of fused-ring (bicyclic) bond motifs is 2. The van der Waals surface area contributed by atoms with E-state index in [2.05, 4.69) is 4.98 Å². The minimum Gasteiger partial charge on any atom is -0.497 e. The number of amides is 1. The molecule has 8 nitrogen and oxygen atoms in total. The van der Waals surface area contributed by atoms with Crippen molar-refractivity contribution in [3.05, 3.63) is 95.2 Å². The number of hydrogen-bond acceptors (Lipinski definition) is 4. The van der Waals surface area contributed by atoms with Gasteiger partial charge in [-0.2, -0.15) is 0 Å². The van der Waals surface area contributed by atoms with E-state index >= 15 is 0 Å². The maximum absolute atomic E-state index is 13.2. The van der Waals surface area contributed by atoms with Gasteiger partial charge >= 0.3 is 5.69 Å². The molecule has 37 heavy (non-hydrogen) atoms. The molecule has 1 aliphatic rings. The molecule has 0 unspecified atom stereocenters. The Bertz CT molecular complexity index is 1670. The number of benzene rings is 2. The zero-order valence-electron chi connectivity index (χ0n) is 20.5. The Hall–Kier alpha value is -4.59. The lowest BCUT2D eigenvalue weighted by atomic mass is 10.0. The van der Waals surface area contributed by atoms with Crippen molar-refractivity contribution in [2.75, 3.05) is 20.2 Å². The summed E-state index contributed by atoms with van der Waals surface area (Å²) in [5, 5.41) is 0. The summed E-state index contributed by atoms with van der Waals surface area (Å²) in [5.74, 6) is 0.731. The molecule has 186 valence electrons. The molecule has 1 N–H and O–H groups in total. The highest BCUT2D eigenvalue weighted by Crippen LogP contribution is 2.28. The molecule has 1 aliphatic heterocycles. The van der Waals surface area contributed by atoms with E-state index in [0.29, 0.717) is 13.1 Å². The Balaban J connectivity index is 1.22. The third-order valence-electron chi connectivity index (χ3n) is 7.08. The summed E-state index contributed by atoms with van der Waals surface area (Å²) in [4.78, 5) is 35.3. The molecule has 2 aromatic carbocycles. The quantitative estimate of drug-likeness (QED) is 0.365. The molecule has 8 heteroatoms. The fraction of sp³-hybridized carbons (Fsp3) is 0.207. The third kappa shape index (κ3) is 4.20. The van der Waals surface area contributed by atoms with Crippen LogP contribution in [-0.4, -0.2) is 49.9 Å². The van der Waals surface area contributed by atoms with Crippen LogP contribution in [0.4, 0.5) is 0 Å². The highest BCUT2D eigenvalue weighted by atomic mass is 16.5. The minimum atomic E-state index is -0.0930. The van der Waals surface area contributed by atoms with E-state index in [1.54, 1.807) is 13.2 Å². The molecular weight excluding hydrogens is 466 g/mol. The van der Waals surface area contributed by atoms with E-state index in [-0.39, 0.29) is 17.6 Å². The number of aromatic nitrogens is 4. The average molecular weight is 494 g/mol. The number of carbonyl (C=O) groups is 1. The second-order valence-electron chi connectivity index (χ2n) is 9.21. The number of rotatable bonds is 5. The summed E-state index contributed by atoms with van der Waals surface area (Å²) in [6, 6.07) is 21.4. The van der Waals surface area contributed by atoms with Crippen LogP contribution in [0.3, 0.4) is 0 Å². The van der Waals surface area contributed by atoms with Crippen LogP contribution in [0, 0.1) is 0 Å². The lowest BCUT2D eigenvalue weighted by Crippen LogP contribution is -2.39. The van der Waals surface area contributed by atoms with Crippen molar-refractivity contribution in [3.8, 4) is 17.0 Å². The monoisotopic (exact) mass is 493 g/mol. The van der Waals surface area contributed by atoms with Gasteiger partial charge in [-0.1, -0.05) is 18.2 Å². The number of carbonyl (C=O) groups excluding carboxylic acids is 1. The Labute approximate surface area is 213 Å². The number of nitrogens with one attached hydrogen (secondary N) is 1. The average Bonchev–Trinajstić information content (AvgIpc) is 3.48. The number of methoxy groups -OCH3 is 1. The van der Waals surface area contributed by atoms with Gasteiger partial charge in [0, 0.05) is 37.0 Å². The van der Waals surface area contributed by atoms with Crippen LogP contribution in [0.15, 0.2) is 83.8 Å². The Morgan fingerprint density at radius 2 is 1.78 bits per heavy atom. The first-order valence-electron chi connectivity index (χ1n) is 12.4. The number of pyridine rings is 1. The van der Waals surface area contributed by atoms with Gasteiger partial charge in [-0.05, 0) is 67.4 Å². The smallest absolute Gasteiger partial charge is 0.326 e. The highest BCUT2D eigenvalue weighted by Gasteiger charge is 2.25. The number of piperidine rings is 1. The van der Waals surface area contributed by atoms with Gasteiger partial charge in [-0.25, -0.2) is 9.78 Å². The molecule has 3 aromatic heterocycles. The molecule has 0 radical (unpaired) electrons. The van der Waals surface area contributed by atoms with Crippen molar-refractivity contribution in [3.63, 3.8) is 0 Å². The molecule has 1 fully saturated rings. The third-order valence-corrected chi connectivity index (χ3v) is 7.08. The molecule has 4 heterocycles. The number of imidazole rings is 2. The number of para-hydroxylation sites is 2. The van der Waals surface area contributed by atoms with Gasteiger partial charge < -0.3 is 14.6 Å². The SMILES string of the molecule is COc1ccc(-c2nc3ccccn3c2C=CC(=O)N2CCC(n3c(=O)[nH]c4ccccc43)CC2)cc1. The molecule has 1 saturated heterocycles. The zero-order valence-corrected chi connectivity index (χ0v) is 20.5. The van der Waals surface area contributed by atoms with Crippen LogP contribution in [0.5, 0.6) is 5.75 Å². The fourth-order valence-corrected chi connectivity index (χ4v) is 5.17. The topological polar surface area (TPSA) is 84.6 Å². The number of H-pyrrole nitrogens is 1. The van der Waals surface area contributed by atoms with Crippen LogP contribution in [0.25, 0.3) is 34.0 Å². The summed E-state index contributed by atoms with van der Waals surface area (Å²) in [6.07, 6.45) is 6.88. The lowest BCUT2D eigenvalue weighted by Gasteiger charge is -2.32. The van der Waals surface area contributed by atoms with Gasteiger partial charge in [0.1, 0.15) is 11.4 Å². The lowest BCUT2D eigenvalue weighted by molar-refractivity contribution is -0.127. The first kappa shape index (κ1) is 22.8. The first-order chi connectivity index (χ1) is 18.1. The van der Waals surface area contributed by atoms with Crippen LogP contribution in [-0.2, 0) is 4.79 Å². The first-order valence-corrected chi connectivity index (χ1v) is 12.4. The maximum Gasteiger partial charge on any atom is 0.326 e. The molecule has 6 rings (SSSR count). The number of aromatic amines is 1. The molecule has 0 atom stereocenters. The van der Waals surface area contributed by atoms with E-state index in [4.69, 9.17) is 9.72 Å². The Kier molecular flexibility index (Phi) is 5.84. The number of hydrogen-bond donors (Lipinski definition) is 1. The van der Waals surface area contributed by atoms with E-state index in [9.17, 15) is 9.59 Å². The number of likely N-dealkylation sites (tertiary alicyclic amines) is 1. The standard InChI is InChI=1S/C29H27N5O3/c1-37-22-11-9-20(10-12-22)28-25(33-17-5-4-8-26(33)31-28)13-14-27(35)32-18-15-21(16-19-32)34-24-7-3-2-6-23(24)30-29(34)36/h2-14,17,21H,15-16,18-19H2,1H3,(H,30,36). The zero-order chi connectivity index (χ0) is 25.4. The molecule has 0 aliphatic carbocycles. The number of ether oxygens (including phenoxy) is 1. The van der Waals surface area contributed by atoms with Crippen LogP contribution in [0.2, 0.25) is 0 Å². The highest BCUT2D eigenvalue weighted by molar-refractivity contribution is 5.93.